The maximum atomic E-state index is 12.4. The number of morpholine rings is 1. The van der Waals surface area contributed by atoms with Crippen LogP contribution in [0.25, 0.3) is 6.08 Å². The van der Waals surface area contributed by atoms with Crippen molar-refractivity contribution in [3.05, 3.63) is 59.7 Å². The molecule has 1 heterocycles. The van der Waals surface area contributed by atoms with Gasteiger partial charge in [-0.2, -0.15) is 0 Å². The number of rotatable bonds is 6. The summed E-state index contributed by atoms with van der Waals surface area (Å²) in [6.45, 7) is 3.25. The Morgan fingerprint density at radius 1 is 1.00 bits per heavy atom. The minimum atomic E-state index is -0.0414. The van der Waals surface area contributed by atoms with E-state index in [9.17, 15) is 4.79 Å². The summed E-state index contributed by atoms with van der Waals surface area (Å²) in [5, 5.41) is 0. The van der Waals surface area contributed by atoms with Crippen molar-refractivity contribution in [2.75, 3.05) is 45.4 Å². The molecule has 0 radical (unpaired) electrons. The van der Waals surface area contributed by atoms with E-state index in [2.05, 4.69) is 4.90 Å². The summed E-state index contributed by atoms with van der Waals surface area (Å²) in [4.78, 5) is 14.7. The van der Waals surface area contributed by atoms with Gasteiger partial charge in [-0.25, -0.2) is 0 Å². The zero-order valence-electron chi connectivity index (χ0n) is 15.1. The number of carbonyl (C=O) groups is 1. The third-order valence-corrected chi connectivity index (χ3v) is 4.33. The Morgan fingerprint density at radius 3 is 2.19 bits per heavy atom. The van der Waals surface area contributed by atoms with E-state index in [-0.39, 0.29) is 5.78 Å². The number of anilines is 1. The molecule has 1 aliphatic heterocycles. The lowest BCUT2D eigenvalue weighted by Crippen LogP contribution is -2.36. The molecule has 5 heteroatoms. The molecule has 0 atom stereocenters. The van der Waals surface area contributed by atoms with Crippen LogP contribution < -0.4 is 14.4 Å². The molecule has 26 heavy (non-hydrogen) atoms. The van der Waals surface area contributed by atoms with Gasteiger partial charge in [-0.3, -0.25) is 4.79 Å². The molecule has 1 saturated heterocycles. The lowest BCUT2D eigenvalue weighted by Gasteiger charge is -2.28. The van der Waals surface area contributed by atoms with Crippen LogP contribution in [0.5, 0.6) is 11.5 Å². The van der Waals surface area contributed by atoms with E-state index in [0.717, 1.165) is 37.6 Å². The van der Waals surface area contributed by atoms with Crippen molar-refractivity contribution in [1.29, 1.82) is 0 Å². The first-order valence-corrected chi connectivity index (χ1v) is 8.58. The standard InChI is InChI=1S/C21H23NO4/c1-24-19-13-16(14-20(15-19)25-2)3-8-21(23)17-4-6-18(7-5-17)22-9-11-26-12-10-22/h3-8,13-15H,9-12H2,1-2H3/b8-3-. The Morgan fingerprint density at radius 2 is 1.62 bits per heavy atom. The number of hydrogen-bond donors (Lipinski definition) is 0. The summed E-state index contributed by atoms with van der Waals surface area (Å²) in [5.41, 5.74) is 2.62. The summed E-state index contributed by atoms with van der Waals surface area (Å²) in [6, 6.07) is 13.2. The number of allylic oxidation sites excluding steroid dienone is 1. The van der Waals surface area contributed by atoms with E-state index in [4.69, 9.17) is 14.2 Å². The summed E-state index contributed by atoms with van der Waals surface area (Å²) >= 11 is 0. The number of nitrogens with zero attached hydrogens (tertiary/aromatic N) is 1. The van der Waals surface area contributed by atoms with Gasteiger partial charge in [0.15, 0.2) is 5.78 Å². The van der Waals surface area contributed by atoms with Crippen LogP contribution in [0, 0.1) is 0 Å². The van der Waals surface area contributed by atoms with Crippen LogP contribution in [0.2, 0.25) is 0 Å². The lowest BCUT2D eigenvalue weighted by molar-refractivity contribution is 0.104. The number of ether oxygens (including phenoxy) is 3. The van der Waals surface area contributed by atoms with Crippen molar-refractivity contribution < 1.29 is 19.0 Å². The van der Waals surface area contributed by atoms with Gasteiger partial charge >= 0.3 is 0 Å². The highest BCUT2D eigenvalue weighted by atomic mass is 16.5. The van der Waals surface area contributed by atoms with E-state index in [1.165, 1.54) is 0 Å². The molecule has 3 rings (SSSR count). The van der Waals surface area contributed by atoms with Gasteiger partial charge < -0.3 is 19.1 Å². The second kappa shape index (κ2) is 8.54. The third-order valence-electron chi connectivity index (χ3n) is 4.33. The molecule has 0 aliphatic carbocycles. The van der Waals surface area contributed by atoms with Crippen LogP contribution in [-0.2, 0) is 4.74 Å². The summed E-state index contributed by atoms with van der Waals surface area (Å²) in [5.74, 6) is 1.33. The topological polar surface area (TPSA) is 48.0 Å². The van der Waals surface area contributed by atoms with E-state index in [1.807, 2.05) is 36.4 Å². The highest BCUT2D eigenvalue weighted by molar-refractivity contribution is 6.07. The predicted octanol–water partition coefficient (Wildman–Crippen LogP) is 3.44. The quantitative estimate of drug-likeness (QED) is 0.588. The Labute approximate surface area is 153 Å². The molecule has 0 spiro atoms. The monoisotopic (exact) mass is 353 g/mol. The Balaban J connectivity index is 1.70. The average molecular weight is 353 g/mol. The molecule has 1 fully saturated rings. The van der Waals surface area contributed by atoms with Crippen LogP contribution in [0.4, 0.5) is 5.69 Å². The van der Waals surface area contributed by atoms with Gasteiger partial charge in [0, 0.05) is 30.4 Å². The number of benzene rings is 2. The normalized spacial score (nSPS) is 14.5. The largest absolute Gasteiger partial charge is 0.497 e. The van der Waals surface area contributed by atoms with Gasteiger partial charge in [0.05, 0.1) is 27.4 Å². The van der Waals surface area contributed by atoms with Crippen LogP contribution in [-0.4, -0.2) is 46.3 Å². The minimum Gasteiger partial charge on any atom is -0.497 e. The lowest BCUT2D eigenvalue weighted by atomic mass is 10.1. The van der Waals surface area contributed by atoms with Crippen LogP contribution in [0.1, 0.15) is 15.9 Å². The first-order valence-electron chi connectivity index (χ1n) is 8.58. The van der Waals surface area contributed by atoms with Gasteiger partial charge in [-0.15, -0.1) is 0 Å². The molecular formula is C21H23NO4. The molecule has 0 amide bonds. The van der Waals surface area contributed by atoms with Gasteiger partial charge in [-0.1, -0.05) is 6.08 Å². The van der Waals surface area contributed by atoms with Crippen molar-refractivity contribution in [2.24, 2.45) is 0 Å². The van der Waals surface area contributed by atoms with Crippen molar-refractivity contribution in [3.8, 4) is 11.5 Å². The van der Waals surface area contributed by atoms with Crippen molar-refractivity contribution in [3.63, 3.8) is 0 Å². The van der Waals surface area contributed by atoms with Gasteiger partial charge in [0.1, 0.15) is 11.5 Å². The Bertz CT molecular complexity index is 755. The SMILES string of the molecule is COc1cc(/C=C\C(=O)c2ccc(N3CCOCC3)cc2)cc(OC)c1. The molecule has 0 N–H and O–H groups in total. The van der Waals surface area contributed by atoms with E-state index < -0.39 is 0 Å². The van der Waals surface area contributed by atoms with Gasteiger partial charge in [-0.05, 0) is 48.0 Å². The molecule has 2 aromatic carbocycles. The number of carbonyl (C=O) groups excluding carboxylic acids is 1. The molecule has 5 nitrogen and oxygen atoms in total. The van der Waals surface area contributed by atoms with Crippen molar-refractivity contribution in [2.45, 2.75) is 0 Å². The first-order chi connectivity index (χ1) is 12.7. The highest BCUT2D eigenvalue weighted by Crippen LogP contribution is 2.23. The Kier molecular flexibility index (Phi) is 5.92. The number of methoxy groups -OCH3 is 2. The van der Waals surface area contributed by atoms with Gasteiger partial charge in [0.25, 0.3) is 0 Å². The number of hydrogen-bond acceptors (Lipinski definition) is 5. The second-order valence-electron chi connectivity index (χ2n) is 5.99. The molecular weight excluding hydrogens is 330 g/mol. The molecule has 0 aromatic heterocycles. The Hall–Kier alpha value is -2.79. The first kappa shape index (κ1) is 18.0. The molecule has 0 bridgehead atoms. The van der Waals surface area contributed by atoms with E-state index in [0.29, 0.717) is 17.1 Å². The molecule has 136 valence electrons. The molecule has 0 saturated carbocycles. The van der Waals surface area contributed by atoms with Gasteiger partial charge in [0.2, 0.25) is 0 Å². The maximum absolute atomic E-state index is 12.4. The fourth-order valence-electron chi connectivity index (χ4n) is 2.85. The zero-order valence-corrected chi connectivity index (χ0v) is 15.1. The van der Waals surface area contributed by atoms with Crippen LogP contribution in [0.15, 0.2) is 48.5 Å². The zero-order chi connectivity index (χ0) is 18.4. The smallest absolute Gasteiger partial charge is 0.185 e. The van der Waals surface area contributed by atoms with E-state index in [1.54, 1.807) is 32.4 Å². The van der Waals surface area contributed by atoms with Crippen molar-refractivity contribution in [1.82, 2.24) is 0 Å². The number of ketones is 1. The van der Waals surface area contributed by atoms with Crippen LogP contribution in [0.3, 0.4) is 0 Å². The fourth-order valence-corrected chi connectivity index (χ4v) is 2.85. The summed E-state index contributed by atoms with van der Waals surface area (Å²) in [6.07, 6.45) is 3.33. The summed E-state index contributed by atoms with van der Waals surface area (Å²) in [7, 11) is 3.20. The fraction of sp³-hybridized carbons (Fsp3) is 0.286. The molecule has 2 aromatic rings. The molecule has 0 unspecified atom stereocenters. The summed E-state index contributed by atoms with van der Waals surface area (Å²) < 4.78 is 15.9. The van der Waals surface area contributed by atoms with Crippen molar-refractivity contribution >= 4 is 17.5 Å². The van der Waals surface area contributed by atoms with E-state index >= 15 is 0 Å². The maximum Gasteiger partial charge on any atom is 0.185 e. The minimum absolute atomic E-state index is 0.0414. The molecule has 1 aliphatic rings. The van der Waals surface area contributed by atoms with Crippen LogP contribution >= 0.6 is 0 Å². The highest BCUT2D eigenvalue weighted by Gasteiger charge is 2.11. The average Bonchev–Trinajstić information content (AvgIpc) is 2.72. The second-order valence-corrected chi connectivity index (χ2v) is 5.99. The third kappa shape index (κ3) is 4.43. The predicted molar refractivity (Wildman–Crippen MR) is 102 cm³/mol.